The van der Waals surface area contributed by atoms with Gasteiger partial charge in [-0.2, -0.15) is 0 Å². The van der Waals surface area contributed by atoms with E-state index in [0.717, 1.165) is 0 Å². The van der Waals surface area contributed by atoms with E-state index in [4.69, 9.17) is 21.5 Å². The highest BCUT2D eigenvalue weighted by atomic mass is 35.5. The molecule has 11 heteroatoms. The van der Waals surface area contributed by atoms with Crippen LogP contribution in [0.2, 0.25) is 5.02 Å². The van der Waals surface area contributed by atoms with Crippen molar-refractivity contribution in [2.75, 3.05) is 17.7 Å². The van der Waals surface area contributed by atoms with Gasteiger partial charge in [0.05, 0.1) is 17.0 Å². The molecule has 3 aromatic rings. The summed E-state index contributed by atoms with van der Waals surface area (Å²) in [4.78, 5) is 12.4. The van der Waals surface area contributed by atoms with Gasteiger partial charge in [-0.15, -0.1) is 0 Å². The number of benzene rings is 1. The first-order valence-electron chi connectivity index (χ1n) is 7.99. The van der Waals surface area contributed by atoms with Crippen LogP contribution in [0.5, 0.6) is 5.75 Å². The summed E-state index contributed by atoms with van der Waals surface area (Å²) < 4.78 is 28.4. The first kappa shape index (κ1) is 19.8. The number of pyridine rings is 1. The average molecular weight is 421 g/mol. The zero-order valence-corrected chi connectivity index (χ0v) is 16.3. The van der Waals surface area contributed by atoms with Crippen molar-refractivity contribution >= 4 is 39.1 Å². The lowest BCUT2D eigenvalue weighted by atomic mass is 10.2. The Morgan fingerprint density at radius 1 is 1.07 bits per heavy atom. The molecule has 28 heavy (non-hydrogen) atoms. The molecule has 4 N–H and O–H groups in total. The van der Waals surface area contributed by atoms with E-state index in [1.165, 1.54) is 31.8 Å². The molecule has 0 bridgehead atoms. The Labute approximate surface area is 167 Å². The topological polar surface area (TPSA) is 132 Å². The molecule has 9 nitrogen and oxygen atoms in total. The van der Waals surface area contributed by atoms with Gasteiger partial charge in [0.25, 0.3) is 0 Å². The smallest absolute Gasteiger partial charge is 0.238 e. The van der Waals surface area contributed by atoms with E-state index in [1.807, 2.05) is 0 Å². The number of nitrogens with zero attached hydrogens (tertiary/aromatic N) is 3. The first-order chi connectivity index (χ1) is 13.3. The molecule has 3 rings (SSSR count). The predicted octanol–water partition coefficient (Wildman–Crippen LogP) is 2.54. The first-order valence-corrected chi connectivity index (χ1v) is 9.92. The number of nitrogens with one attached hydrogen (secondary N) is 2. The quantitative estimate of drug-likeness (QED) is 0.531. The van der Waals surface area contributed by atoms with Crippen LogP contribution in [0.4, 0.5) is 17.5 Å². The molecule has 2 heterocycles. The van der Waals surface area contributed by atoms with Gasteiger partial charge in [0, 0.05) is 24.4 Å². The zero-order valence-electron chi connectivity index (χ0n) is 14.8. The van der Waals surface area contributed by atoms with E-state index in [0.29, 0.717) is 33.8 Å². The fourth-order valence-corrected chi connectivity index (χ4v) is 3.04. The molecule has 0 amide bonds. The van der Waals surface area contributed by atoms with E-state index in [2.05, 4.69) is 25.6 Å². The minimum absolute atomic E-state index is 0.00366. The maximum atomic E-state index is 11.6. The van der Waals surface area contributed by atoms with E-state index >= 15 is 0 Å². The Bertz CT molecular complexity index is 1080. The Morgan fingerprint density at radius 2 is 1.86 bits per heavy atom. The van der Waals surface area contributed by atoms with Crippen LogP contribution >= 0.6 is 11.6 Å². The van der Waals surface area contributed by atoms with Gasteiger partial charge in [0.2, 0.25) is 10.0 Å². The van der Waals surface area contributed by atoms with E-state index < -0.39 is 10.0 Å². The van der Waals surface area contributed by atoms with Gasteiger partial charge in [-0.05, 0) is 30.3 Å². The molecule has 0 aliphatic carbocycles. The Hall–Kier alpha value is -2.95. The number of halogens is 1. The molecule has 0 saturated heterocycles. The summed E-state index contributed by atoms with van der Waals surface area (Å²) in [6.45, 7) is 0.266. The maximum absolute atomic E-state index is 11.6. The fraction of sp³-hybridized carbons (Fsp3) is 0.118. The second kappa shape index (κ2) is 8.38. The summed E-state index contributed by atoms with van der Waals surface area (Å²) >= 11 is 5.82. The van der Waals surface area contributed by atoms with Gasteiger partial charge in [0.1, 0.15) is 29.5 Å². The van der Waals surface area contributed by atoms with Gasteiger partial charge in [-0.1, -0.05) is 11.6 Å². The highest BCUT2D eigenvalue weighted by Crippen LogP contribution is 2.23. The third-order valence-corrected chi connectivity index (χ3v) is 4.83. The summed E-state index contributed by atoms with van der Waals surface area (Å²) in [6, 6.07) is 9.52. The van der Waals surface area contributed by atoms with E-state index in [1.54, 1.807) is 24.3 Å². The Kier molecular flexibility index (Phi) is 5.93. The normalized spacial score (nSPS) is 11.1. The number of ether oxygens (including phenoxy) is 1. The lowest BCUT2D eigenvalue weighted by Crippen LogP contribution is -2.13. The fourth-order valence-electron chi connectivity index (χ4n) is 2.36. The molecular weight excluding hydrogens is 404 g/mol. The number of anilines is 3. The van der Waals surface area contributed by atoms with Crippen molar-refractivity contribution in [2.45, 2.75) is 11.4 Å². The van der Waals surface area contributed by atoms with Crippen LogP contribution in [0.3, 0.4) is 0 Å². The molecule has 0 radical (unpaired) electrons. The molecule has 2 aromatic heterocycles. The molecular formula is C17H17ClN6O3S. The van der Waals surface area contributed by atoms with Gasteiger partial charge < -0.3 is 15.4 Å². The van der Waals surface area contributed by atoms with Crippen molar-refractivity contribution in [1.82, 2.24) is 15.0 Å². The van der Waals surface area contributed by atoms with Crippen molar-refractivity contribution in [1.29, 1.82) is 0 Å². The summed E-state index contributed by atoms with van der Waals surface area (Å²) in [7, 11) is -2.31. The lowest BCUT2D eigenvalue weighted by Gasteiger charge is -2.12. The third kappa shape index (κ3) is 5.06. The van der Waals surface area contributed by atoms with Gasteiger partial charge in [0.15, 0.2) is 0 Å². The highest BCUT2D eigenvalue weighted by Gasteiger charge is 2.12. The van der Waals surface area contributed by atoms with Gasteiger partial charge in [-0.3, -0.25) is 0 Å². The Balaban J connectivity index is 1.75. The number of rotatable bonds is 7. The van der Waals surface area contributed by atoms with Crippen LogP contribution in [0.1, 0.15) is 5.56 Å². The van der Waals surface area contributed by atoms with Crippen LogP contribution in [0.15, 0.2) is 53.8 Å². The van der Waals surface area contributed by atoms with E-state index in [9.17, 15) is 8.42 Å². The number of methoxy groups -OCH3 is 1. The number of nitrogens with two attached hydrogens (primary N) is 1. The standard InChI is InChI=1S/C17H17ClN6O3S/c1-27-14-4-3-13(28(19,25)26)6-11(14)8-20-16-7-17(23-10-22-16)24-15-5-2-12(18)9-21-15/h2-7,9-10H,8H2,1H3,(H2,19,25,26)(H2,20,21,22,23,24). The minimum Gasteiger partial charge on any atom is -0.496 e. The molecule has 0 aliphatic heterocycles. The van der Waals surface area contributed by atoms with Gasteiger partial charge in [-0.25, -0.2) is 28.5 Å². The monoisotopic (exact) mass is 420 g/mol. The highest BCUT2D eigenvalue weighted by molar-refractivity contribution is 7.89. The molecule has 0 aliphatic rings. The van der Waals surface area contributed by atoms with Crippen LogP contribution < -0.4 is 20.5 Å². The van der Waals surface area contributed by atoms with Crippen LogP contribution in [-0.2, 0) is 16.6 Å². The molecule has 146 valence electrons. The van der Waals surface area contributed by atoms with Crippen molar-refractivity contribution in [2.24, 2.45) is 5.14 Å². The largest absolute Gasteiger partial charge is 0.496 e. The van der Waals surface area contributed by atoms with Crippen molar-refractivity contribution in [3.8, 4) is 5.75 Å². The summed E-state index contributed by atoms with van der Waals surface area (Å²) in [5.74, 6) is 2.15. The number of aromatic nitrogens is 3. The Morgan fingerprint density at radius 3 is 2.54 bits per heavy atom. The number of primary sulfonamides is 1. The van der Waals surface area contributed by atoms with Crippen LogP contribution in [-0.4, -0.2) is 30.5 Å². The van der Waals surface area contributed by atoms with Crippen LogP contribution in [0, 0.1) is 0 Å². The lowest BCUT2D eigenvalue weighted by molar-refractivity contribution is 0.410. The maximum Gasteiger partial charge on any atom is 0.238 e. The summed E-state index contributed by atoms with van der Waals surface area (Å²) in [5, 5.41) is 11.9. The average Bonchev–Trinajstić information content (AvgIpc) is 2.67. The molecule has 0 unspecified atom stereocenters. The third-order valence-electron chi connectivity index (χ3n) is 3.69. The zero-order chi connectivity index (χ0) is 20.1. The number of hydrogen-bond donors (Lipinski definition) is 3. The molecule has 0 fully saturated rings. The molecule has 0 saturated carbocycles. The van der Waals surface area contributed by atoms with E-state index in [-0.39, 0.29) is 11.4 Å². The van der Waals surface area contributed by atoms with Crippen molar-refractivity contribution in [3.63, 3.8) is 0 Å². The summed E-state index contributed by atoms with van der Waals surface area (Å²) in [5.41, 5.74) is 0.613. The van der Waals surface area contributed by atoms with Crippen LogP contribution in [0.25, 0.3) is 0 Å². The second-order valence-corrected chi connectivity index (χ2v) is 7.65. The van der Waals surface area contributed by atoms with Gasteiger partial charge >= 0.3 is 0 Å². The number of hydrogen-bond acceptors (Lipinski definition) is 8. The molecule has 0 spiro atoms. The second-order valence-electron chi connectivity index (χ2n) is 5.65. The molecule has 0 atom stereocenters. The number of sulfonamides is 1. The SMILES string of the molecule is COc1ccc(S(N)(=O)=O)cc1CNc1cc(Nc2ccc(Cl)cn2)ncn1. The predicted molar refractivity (Wildman–Crippen MR) is 106 cm³/mol. The molecule has 1 aromatic carbocycles. The van der Waals surface area contributed by atoms with Crippen molar-refractivity contribution < 1.29 is 13.2 Å². The summed E-state index contributed by atoms with van der Waals surface area (Å²) in [6.07, 6.45) is 2.91. The van der Waals surface area contributed by atoms with Crippen molar-refractivity contribution in [3.05, 3.63) is 59.5 Å². The minimum atomic E-state index is -3.81.